The largest absolute Gasteiger partial charge is 0.480 e. The van der Waals surface area contributed by atoms with Crippen molar-refractivity contribution in [3.05, 3.63) is 16.1 Å². The van der Waals surface area contributed by atoms with Gasteiger partial charge < -0.3 is 10.4 Å². The van der Waals surface area contributed by atoms with Crippen molar-refractivity contribution in [1.82, 2.24) is 10.3 Å². The number of aromatic nitrogens is 1. The molecule has 1 heterocycles. The molecule has 0 bridgehead atoms. The number of nitrogens with zero attached hydrogens (tertiary/aromatic N) is 1. The highest BCUT2D eigenvalue weighted by Crippen LogP contribution is 2.27. The zero-order valence-electron chi connectivity index (χ0n) is 11.9. The molecular weight excluding hydrogens is 296 g/mol. The van der Waals surface area contributed by atoms with Gasteiger partial charge in [0, 0.05) is 16.5 Å². The molecule has 7 heteroatoms. The van der Waals surface area contributed by atoms with Gasteiger partial charge in [-0.3, -0.25) is 4.79 Å². The molecule has 1 aromatic heterocycles. The van der Waals surface area contributed by atoms with Crippen LogP contribution in [0.5, 0.6) is 0 Å². The molecule has 1 rings (SSSR count). The topological polar surface area (TPSA) is 79.3 Å². The van der Waals surface area contributed by atoms with E-state index in [1.54, 1.807) is 23.1 Å². The molecule has 1 atom stereocenters. The molecule has 0 saturated carbocycles. The van der Waals surface area contributed by atoms with Crippen LogP contribution in [-0.2, 0) is 20.8 Å². The van der Waals surface area contributed by atoms with Crippen LogP contribution in [0.3, 0.4) is 0 Å². The maximum absolute atomic E-state index is 10.8. The minimum absolute atomic E-state index is 0.0653. The molecule has 1 unspecified atom stereocenters. The average Bonchev–Trinajstić information content (AvgIpc) is 2.81. The number of thiazole rings is 1. The van der Waals surface area contributed by atoms with Gasteiger partial charge in [0.25, 0.3) is 0 Å². The van der Waals surface area contributed by atoms with E-state index < -0.39 is 12.0 Å². The summed E-state index contributed by atoms with van der Waals surface area (Å²) < 4.78 is 0. The van der Waals surface area contributed by atoms with Gasteiger partial charge in [0.05, 0.1) is 10.7 Å². The lowest BCUT2D eigenvalue weighted by molar-refractivity contribution is -0.140. The maximum atomic E-state index is 10.8. The van der Waals surface area contributed by atoms with Gasteiger partial charge in [-0.15, -0.1) is 11.3 Å². The van der Waals surface area contributed by atoms with E-state index in [0.29, 0.717) is 18.6 Å². The first-order valence-corrected chi connectivity index (χ1v) is 8.33. The number of carboxylic acid groups (broad SMARTS) is 1. The first-order chi connectivity index (χ1) is 9.34. The summed E-state index contributed by atoms with van der Waals surface area (Å²) in [6.07, 6.45) is 0.842. The van der Waals surface area contributed by atoms with E-state index in [2.05, 4.69) is 31.1 Å². The van der Waals surface area contributed by atoms with Crippen LogP contribution >= 0.6 is 23.1 Å². The molecule has 20 heavy (non-hydrogen) atoms. The summed E-state index contributed by atoms with van der Waals surface area (Å²) in [5, 5.41) is 14.3. The first kappa shape index (κ1) is 17.0. The number of carbonyl (C=O) groups is 2. The Morgan fingerprint density at radius 1 is 1.60 bits per heavy atom. The van der Waals surface area contributed by atoms with E-state index in [1.807, 2.05) is 5.38 Å². The van der Waals surface area contributed by atoms with Gasteiger partial charge in [0.1, 0.15) is 6.04 Å². The summed E-state index contributed by atoms with van der Waals surface area (Å²) in [7, 11) is 0. The van der Waals surface area contributed by atoms with Crippen LogP contribution < -0.4 is 5.32 Å². The van der Waals surface area contributed by atoms with Crippen LogP contribution in [0, 0.1) is 0 Å². The van der Waals surface area contributed by atoms with Crippen molar-refractivity contribution >= 4 is 35.5 Å². The molecule has 0 aromatic carbocycles. The zero-order chi connectivity index (χ0) is 15.2. The van der Waals surface area contributed by atoms with E-state index in [-0.39, 0.29) is 5.41 Å². The van der Waals surface area contributed by atoms with Crippen molar-refractivity contribution in [1.29, 1.82) is 0 Å². The van der Waals surface area contributed by atoms with Crippen molar-refractivity contribution in [2.24, 2.45) is 0 Å². The van der Waals surface area contributed by atoms with Crippen molar-refractivity contribution in [2.75, 3.05) is 5.75 Å². The molecule has 112 valence electrons. The number of amides is 1. The molecule has 0 aliphatic rings. The number of rotatable bonds is 8. The first-order valence-electron chi connectivity index (χ1n) is 6.29. The van der Waals surface area contributed by atoms with Crippen molar-refractivity contribution < 1.29 is 14.7 Å². The van der Waals surface area contributed by atoms with Crippen LogP contribution in [0.4, 0.5) is 0 Å². The number of carboxylic acids is 1. The SMILES string of the molecule is CC(C)(C)c1nc(CSCCC(NC=O)C(=O)O)cs1. The second-order valence-corrected chi connectivity index (χ2v) is 7.37. The fraction of sp³-hybridized carbons (Fsp3) is 0.615. The van der Waals surface area contributed by atoms with Gasteiger partial charge in [0.15, 0.2) is 0 Å². The summed E-state index contributed by atoms with van der Waals surface area (Å²) in [5.74, 6) is 0.432. The van der Waals surface area contributed by atoms with Gasteiger partial charge in [-0.25, -0.2) is 9.78 Å². The Balaban J connectivity index is 2.35. The van der Waals surface area contributed by atoms with Crippen LogP contribution in [0.2, 0.25) is 0 Å². The Hall–Kier alpha value is -1.08. The van der Waals surface area contributed by atoms with Crippen molar-refractivity contribution in [3.63, 3.8) is 0 Å². The monoisotopic (exact) mass is 316 g/mol. The zero-order valence-corrected chi connectivity index (χ0v) is 13.5. The molecule has 0 aliphatic carbocycles. The predicted molar refractivity (Wildman–Crippen MR) is 82.2 cm³/mol. The Labute approximate surface area is 127 Å². The lowest BCUT2D eigenvalue weighted by Gasteiger charge is -2.13. The second-order valence-electron chi connectivity index (χ2n) is 5.41. The fourth-order valence-corrected chi connectivity index (χ4v) is 3.37. The standard InChI is InChI=1S/C13H20N2O3S2/c1-13(2,3)12-15-9(7-20-12)6-19-5-4-10(11(17)18)14-8-16/h7-8,10H,4-6H2,1-3H3,(H,14,16)(H,17,18). The maximum Gasteiger partial charge on any atom is 0.326 e. The quantitative estimate of drug-likeness (QED) is 0.568. The predicted octanol–water partition coefficient (Wildman–Crippen LogP) is 2.26. The van der Waals surface area contributed by atoms with Gasteiger partial charge in [-0.05, 0) is 12.2 Å². The van der Waals surface area contributed by atoms with E-state index in [9.17, 15) is 9.59 Å². The highest BCUT2D eigenvalue weighted by atomic mass is 32.2. The number of nitrogens with one attached hydrogen (secondary N) is 1. The summed E-state index contributed by atoms with van der Waals surface area (Å²) in [6, 6.07) is -0.805. The Kier molecular flexibility index (Phi) is 6.48. The third-order valence-electron chi connectivity index (χ3n) is 2.56. The molecule has 0 fully saturated rings. The lowest BCUT2D eigenvalue weighted by atomic mass is 9.98. The third kappa shape index (κ3) is 5.50. The lowest BCUT2D eigenvalue weighted by Crippen LogP contribution is -2.36. The highest BCUT2D eigenvalue weighted by molar-refractivity contribution is 7.98. The second kappa shape index (κ2) is 7.64. The highest BCUT2D eigenvalue weighted by Gasteiger charge is 2.18. The molecule has 0 spiro atoms. The summed E-state index contributed by atoms with van der Waals surface area (Å²) in [6.45, 7) is 6.39. The molecule has 1 aromatic rings. The third-order valence-corrected chi connectivity index (χ3v) is 4.90. The molecular formula is C13H20N2O3S2. The number of hydrogen-bond acceptors (Lipinski definition) is 5. The van der Waals surface area contributed by atoms with E-state index in [1.165, 1.54) is 0 Å². The number of thioether (sulfide) groups is 1. The molecule has 0 saturated heterocycles. The molecule has 0 aliphatic heterocycles. The number of aliphatic carboxylic acids is 1. The van der Waals surface area contributed by atoms with Crippen molar-refractivity contribution in [3.8, 4) is 0 Å². The van der Waals surface area contributed by atoms with Crippen LogP contribution in [0.15, 0.2) is 5.38 Å². The van der Waals surface area contributed by atoms with E-state index in [0.717, 1.165) is 16.5 Å². The Morgan fingerprint density at radius 2 is 2.30 bits per heavy atom. The van der Waals surface area contributed by atoms with Gasteiger partial charge in [0.2, 0.25) is 6.41 Å². The van der Waals surface area contributed by atoms with E-state index >= 15 is 0 Å². The van der Waals surface area contributed by atoms with Gasteiger partial charge >= 0.3 is 5.97 Å². The van der Waals surface area contributed by atoms with Gasteiger partial charge in [-0.2, -0.15) is 11.8 Å². The van der Waals surface area contributed by atoms with Crippen molar-refractivity contribution in [2.45, 2.75) is 44.4 Å². The Bertz CT molecular complexity index is 455. The number of hydrogen-bond donors (Lipinski definition) is 2. The minimum atomic E-state index is -0.999. The molecule has 5 nitrogen and oxygen atoms in total. The number of carbonyl (C=O) groups excluding carboxylic acids is 1. The average molecular weight is 316 g/mol. The van der Waals surface area contributed by atoms with Gasteiger partial charge in [-0.1, -0.05) is 20.8 Å². The normalized spacial score (nSPS) is 12.9. The summed E-state index contributed by atoms with van der Waals surface area (Å²) >= 11 is 3.28. The molecule has 1 amide bonds. The van der Waals surface area contributed by atoms with Crippen LogP contribution in [-0.4, -0.2) is 34.3 Å². The van der Waals surface area contributed by atoms with E-state index in [4.69, 9.17) is 5.11 Å². The Morgan fingerprint density at radius 3 is 2.80 bits per heavy atom. The molecule has 2 N–H and O–H groups in total. The van der Waals surface area contributed by atoms with Crippen LogP contribution in [0.1, 0.15) is 37.9 Å². The fourth-order valence-electron chi connectivity index (χ4n) is 1.46. The minimum Gasteiger partial charge on any atom is -0.480 e. The smallest absolute Gasteiger partial charge is 0.326 e. The van der Waals surface area contributed by atoms with Crippen LogP contribution in [0.25, 0.3) is 0 Å². The summed E-state index contributed by atoms with van der Waals surface area (Å²) in [4.78, 5) is 25.7. The molecule has 0 radical (unpaired) electrons. The summed E-state index contributed by atoms with van der Waals surface area (Å²) in [5.41, 5.74) is 1.09.